The smallest absolute Gasteiger partial charge is 0.328 e. The van der Waals surface area contributed by atoms with Gasteiger partial charge in [0.25, 0.3) is 0 Å². The molecule has 1 rings (SSSR count). The van der Waals surface area contributed by atoms with Gasteiger partial charge in [-0.3, -0.25) is 4.79 Å². The molecule has 5 heteroatoms. The summed E-state index contributed by atoms with van der Waals surface area (Å²) < 4.78 is 4.84. The number of carboxylic acid groups (broad SMARTS) is 1. The minimum atomic E-state index is -1.05. The first kappa shape index (κ1) is 12.3. The predicted molar refractivity (Wildman–Crippen MR) is 59.4 cm³/mol. The van der Waals surface area contributed by atoms with Crippen LogP contribution in [0.4, 0.5) is 0 Å². The molecule has 0 aliphatic rings. The lowest BCUT2D eigenvalue weighted by Gasteiger charge is -2.04. The van der Waals surface area contributed by atoms with Crippen LogP contribution in [0.15, 0.2) is 24.3 Å². The van der Waals surface area contributed by atoms with E-state index in [1.54, 1.807) is 6.07 Å². The molecule has 1 aromatic carbocycles. The number of esters is 1. The highest BCUT2D eigenvalue weighted by Gasteiger charge is 2.04. The summed E-state index contributed by atoms with van der Waals surface area (Å²) >= 11 is 5.79. The van der Waals surface area contributed by atoms with Crippen molar-refractivity contribution in [2.75, 3.05) is 0 Å². The number of carbonyl (C=O) groups excluding carboxylic acids is 1. The highest BCUT2D eigenvalue weighted by Crippen LogP contribution is 2.26. The average molecular weight is 241 g/mol. The van der Waals surface area contributed by atoms with Gasteiger partial charge in [-0.05, 0) is 23.8 Å². The van der Waals surface area contributed by atoms with E-state index in [0.29, 0.717) is 10.6 Å². The Balaban J connectivity index is 2.97. The molecule has 0 saturated carbocycles. The molecule has 1 N–H and O–H groups in total. The molecular formula is C11H9ClO4. The van der Waals surface area contributed by atoms with Crippen molar-refractivity contribution in [1.29, 1.82) is 0 Å². The van der Waals surface area contributed by atoms with Crippen LogP contribution in [0, 0.1) is 0 Å². The number of hydrogen-bond donors (Lipinski definition) is 1. The second-order valence-corrected chi connectivity index (χ2v) is 3.36. The first-order valence-electron chi connectivity index (χ1n) is 4.38. The third kappa shape index (κ3) is 3.74. The number of rotatable bonds is 3. The van der Waals surface area contributed by atoms with Crippen LogP contribution in [-0.4, -0.2) is 17.0 Å². The third-order valence-electron chi connectivity index (χ3n) is 1.63. The summed E-state index contributed by atoms with van der Waals surface area (Å²) in [6.07, 6.45) is 2.37. The largest absolute Gasteiger partial charge is 0.478 e. The molecule has 0 radical (unpaired) electrons. The number of carboxylic acids is 1. The molecule has 0 heterocycles. The Labute approximate surface area is 97.1 Å². The SMILES string of the molecule is CC(=O)Oc1cc(C=CC(=O)O)ccc1Cl. The van der Waals surface area contributed by atoms with E-state index in [2.05, 4.69) is 0 Å². The van der Waals surface area contributed by atoms with Gasteiger partial charge < -0.3 is 9.84 Å². The van der Waals surface area contributed by atoms with E-state index in [1.807, 2.05) is 0 Å². The molecule has 16 heavy (non-hydrogen) atoms. The van der Waals surface area contributed by atoms with E-state index in [1.165, 1.54) is 25.1 Å². The van der Waals surface area contributed by atoms with Crippen LogP contribution in [0.3, 0.4) is 0 Å². The van der Waals surface area contributed by atoms with Crippen molar-refractivity contribution in [1.82, 2.24) is 0 Å². The van der Waals surface area contributed by atoms with Crippen molar-refractivity contribution >= 4 is 29.6 Å². The first-order chi connectivity index (χ1) is 7.49. The van der Waals surface area contributed by atoms with Gasteiger partial charge in [0.1, 0.15) is 5.75 Å². The zero-order valence-corrected chi connectivity index (χ0v) is 9.19. The molecule has 0 atom stereocenters. The highest BCUT2D eigenvalue weighted by atomic mass is 35.5. The minimum absolute atomic E-state index is 0.210. The van der Waals surface area contributed by atoms with E-state index < -0.39 is 11.9 Å². The summed E-state index contributed by atoms with van der Waals surface area (Å²) in [5, 5.41) is 8.74. The van der Waals surface area contributed by atoms with Crippen LogP contribution in [0.2, 0.25) is 5.02 Å². The summed E-state index contributed by atoms with van der Waals surface area (Å²) in [5.41, 5.74) is 0.586. The van der Waals surface area contributed by atoms with Gasteiger partial charge in [0.15, 0.2) is 0 Å². The van der Waals surface area contributed by atoms with E-state index in [0.717, 1.165) is 6.08 Å². The third-order valence-corrected chi connectivity index (χ3v) is 1.94. The average Bonchev–Trinajstić information content (AvgIpc) is 2.18. The molecule has 84 valence electrons. The van der Waals surface area contributed by atoms with Gasteiger partial charge in [-0.2, -0.15) is 0 Å². The highest BCUT2D eigenvalue weighted by molar-refractivity contribution is 6.32. The maximum atomic E-state index is 10.7. The van der Waals surface area contributed by atoms with E-state index in [-0.39, 0.29) is 5.75 Å². The van der Waals surface area contributed by atoms with Crippen LogP contribution in [-0.2, 0) is 9.59 Å². The van der Waals surface area contributed by atoms with E-state index >= 15 is 0 Å². The van der Waals surface area contributed by atoms with E-state index in [9.17, 15) is 9.59 Å². The van der Waals surface area contributed by atoms with Crippen molar-refractivity contribution in [2.24, 2.45) is 0 Å². The number of benzene rings is 1. The topological polar surface area (TPSA) is 63.6 Å². The second-order valence-electron chi connectivity index (χ2n) is 2.96. The van der Waals surface area contributed by atoms with Crippen LogP contribution < -0.4 is 4.74 Å². The molecule has 0 bridgehead atoms. The zero-order valence-electron chi connectivity index (χ0n) is 8.44. The predicted octanol–water partition coefficient (Wildman–Crippen LogP) is 2.36. The van der Waals surface area contributed by atoms with Crippen LogP contribution in [0.1, 0.15) is 12.5 Å². The molecule has 1 aromatic rings. The Morgan fingerprint density at radius 1 is 1.44 bits per heavy atom. The molecule has 0 saturated heterocycles. The summed E-state index contributed by atoms with van der Waals surface area (Å²) in [6.45, 7) is 1.26. The van der Waals surface area contributed by atoms with E-state index in [4.69, 9.17) is 21.4 Å². The molecule has 0 unspecified atom stereocenters. The van der Waals surface area contributed by atoms with Crippen molar-refractivity contribution in [3.63, 3.8) is 0 Å². The normalized spacial score (nSPS) is 10.4. The van der Waals surface area contributed by atoms with Gasteiger partial charge >= 0.3 is 11.9 Å². The molecule has 4 nitrogen and oxygen atoms in total. The maximum absolute atomic E-state index is 10.7. The van der Waals surface area contributed by atoms with Crippen LogP contribution >= 0.6 is 11.6 Å². The van der Waals surface area contributed by atoms with Crippen molar-refractivity contribution < 1.29 is 19.4 Å². The summed E-state index contributed by atoms with van der Waals surface area (Å²) in [5.74, 6) is -1.33. The number of ether oxygens (including phenoxy) is 1. The lowest BCUT2D eigenvalue weighted by molar-refractivity contribution is -0.132. The van der Waals surface area contributed by atoms with Crippen molar-refractivity contribution in [2.45, 2.75) is 6.92 Å². The van der Waals surface area contributed by atoms with Gasteiger partial charge in [0.05, 0.1) is 5.02 Å². The molecule has 0 spiro atoms. The number of aliphatic carboxylic acids is 1. The molecule has 0 aliphatic heterocycles. The number of halogens is 1. The quantitative estimate of drug-likeness (QED) is 0.500. The van der Waals surface area contributed by atoms with Crippen LogP contribution in [0.25, 0.3) is 6.08 Å². The fourth-order valence-corrected chi connectivity index (χ4v) is 1.18. The summed E-state index contributed by atoms with van der Waals surface area (Å²) in [4.78, 5) is 21.1. The maximum Gasteiger partial charge on any atom is 0.328 e. The second kappa shape index (κ2) is 5.32. The fourth-order valence-electron chi connectivity index (χ4n) is 1.02. The standard InChI is InChI=1S/C11H9ClO4/c1-7(13)16-10-6-8(2-4-9(10)12)3-5-11(14)15/h2-6H,1H3,(H,14,15). The fraction of sp³-hybridized carbons (Fsp3) is 0.0909. The monoisotopic (exact) mass is 240 g/mol. The lowest BCUT2D eigenvalue weighted by Crippen LogP contribution is -2.01. The Hall–Kier alpha value is -1.81. The molecule has 0 aliphatic carbocycles. The summed E-state index contributed by atoms with van der Waals surface area (Å²) in [7, 11) is 0. The Morgan fingerprint density at radius 3 is 2.69 bits per heavy atom. The van der Waals surface area contributed by atoms with Gasteiger partial charge in [-0.15, -0.1) is 0 Å². The number of carbonyl (C=O) groups is 2. The van der Waals surface area contributed by atoms with Crippen molar-refractivity contribution in [3.05, 3.63) is 34.9 Å². The molecular weight excluding hydrogens is 232 g/mol. The Morgan fingerprint density at radius 2 is 2.12 bits per heavy atom. The summed E-state index contributed by atoms with van der Waals surface area (Å²) in [6, 6.07) is 4.64. The first-order valence-corrected chi connectivity index (χ1v) is 4.76. The Kier molecular flexibility index (Phi) is 4.08. The van der Waals surface area contributed by atoms with Gasteiger partial charge in [0.2, 0.25) is 0 Å². The molecule has 0 amide bonds. The molecule has 0 fully saturated rings. The van der Waals surface area contributed by atoms with Crippen molar-refractivity contribution in [3.8, 4) is 5.75 Å². The number of hydrogen-bond acceptors (Lipinski definition) is 3. The van der Waals surface area contributed by atoms with Crippen LogP contribution in [0.5, 0.6) is 5.75 Å². The minimum Gasteiger partial charge on any atom is -0.478 e. The Bertz CT molecular complexity index is 451. The lowest BCUT2D eigenvalue weighted by atomic mass is 10.2. The van der Waals surface area contributed by atoms with Gasteiger partial charge in [-0.1, -0.05) is 17.7 Å². The zero-order chi connectivity index (χ0) is 12.1. The van der Waals surface area contributed by atoms with Gasteiger partial charge in [-0.25, -0.2) is 4.79 Å². The molecule has 0 aromatic heterocycles. The van der Waals surface area contributed by atoms with Gasteiger partial charge in [0, 0.05) is 13.0 Å².